The summed E-state index contributed by atoms with van der Waals surface area (Å²) in [5, 5.41) is 4.88. The van der Waals surface area contributed by atoms with E-state index in [2.05, 4.69) is 21.6 Å². The first-order chi connectivity index (χ1) is 16.6. The van der Waals surface area contributed by atoms with Gasteiger partial charge in [-0.2, -0.15) is 5.10 Å². The average Bonchev–Trinajstić information content (AvgIpc) is 3.19. The molecule has 0 saturated heterocycles. The first-order valence-electron chi connectivity index (χ1n) is 12.0. The fraction of sp³-hybridized carbons (Fsp3) is 0.462. The van der Waals surface area contributed by atoms with Crippen molar-refractivity contribution in [2.45, 2.75) is 57.8 Å². The van der Waals surface area contributed by atoms with Crippen molar-refractivity contribution in [2.24, 2.45) is 0 Å². The van der Waals surface area contributed by atoms with Gasteiger partial charge in [0, 0.05) is 19.1 Å². The summed E-state index contributed by atoms with van der Waals surface area (Å²) in [6, 6.07) is 11.3. The van der Waals surface area contributed by atoms with Gasteiger partial charge in [-0.05, 0) is 66.9 Å². The summed E-state index contributed by atoms with van der Waals surface area (Å²) < 4.78 is 30.4. The van der Waals surface area contributed by atoms with Crippen molar-refractivity contribution in [3.63, 3.8) is 0 Å². The molecule has 3 aromatic rings. The third kappa shape index (κ3) is 4.36. The molecule has 2 aromatic carbocycles. The summed E-state index contributed by atoms with van der Waals surface area (Å²) >= 11 is 5.93. The molecule has 0 amide bonds. The standard InChI is InChI=1S/C26H31FN4O2S/c1-32-23-14-18-12-13-29(16-19(18)15-24(23)33-2)17-30-26(34)31(20-8-4-3-5-9-20)25(28-30)21-10-6-7-11-22(21)27/h6-7,10-11,14-15,20H,3-5,8-9,12-13,16-17H2,1-2H3. The Bertz CT molecular complexity index is 1230. The maximum absolute atomic E-state index is 14.8. The van der Waals surface area contributed by atoms with Crippen LogP contribution < -0.4 is 9.47 Å². The van der Waals surface area contributed by atoms with Gasteiger partial charge in [-0.1, -0.05) is 31.4 Å². The first-order valence-corrected chi connectivity index (χ1v) is 12.4. The molecule has 1 aliphatic carbocycles. The predicted molar refractivity (Wildman–Crippen MR) is 132 cm³/mol. The second-order valence-corrected chi connectivity index (χ2v) is 9.53. The zero-order valence-corrected chi connectivity index (χ0v) is 20.6. The van der Waals surface area contributed by atoms with Crippen molar-refractivity contribution >= 4 is 12.2 Å². The minimum Gasteiger partial charge on any atom is -0.493 e. The molecule has 2 aliphatic rings. The van der Waals surface area contributed by atoms with E-state index in [1.165, 1.54) is 36.5 Å². The SMILES string of the molecule is COc1cc2c(cc1OC)CN(Cn1nc(-c3ccccc3F)n(C3CCCCC3)c1=S)CC2. The van der Waals surface area contributed by atoms with E-state index in [0.29, 0.717) is 22.8 Å². The molecule has 1 aliphatic heterocycles. The van der Waals surface area contributed by atoms with Crippen molar-refractivity contribution < 1.29 is 13.9 Å². The number of fused-ring (bicyclic) bond motifs is 1. The van der Waals surface area contributed by atoms with E-state index in [0.717, 1.165) is 43.9 Å². The molecule has 0 atom stereocenters. The van der Waals surface area contributed by atoms with Crippen LogP contribution >= 0.6 is 12.2 Å². The quantitative estimate of drug-likeness (QED) is 0.418. The molecular weight excluding hydrogens is 451 g/mol. The number of halogens is 1. The summed E-state index contributed by atoms with van der Waals surface area (Å²) in [4.78, 5) is 2.33. The van der Waals surface area contributed by atoms with Crippen LogP contribution in [-0.2, 0) is 19.6 Å². The molecule has 0 N–H and O–H groups in total. The number of benzene rings is 2. The summed E-state index contributed by atoms with van der Waals surface area (Å²) in [5.41, 5.74) is 3.01. The van der Waals surface area contributed by atoms with Gasteiger partial charge in [0.15, 0.2) is 22.1 Å². The molecule has 1 saturated carbocycles. The predicted octanol–water partition coefficient (Wildman–Crippen LogP) is 5.76. The molecule has 1 aromatic heterocycles. The molecular formula is C26H31FN4O2S. The number of hydrogen-bond donors (Lipinski definition) is 0. The van der Waals surface area contributed by atoms with Gasteiger partial charge in [-0.15, -0.1) is 0 Å². The van der Waals surface area contributed by atoms with Crippen molar-refractivity contribution in [3.8, 4) is 22.9 Å². The molecule has 0 bridgehead atoms. The van der Waals surface area contributed by atoms with Gasteiger partial charge >= 0.3 is 0 Å². The van der Waals surface area contributed by atoms with Crippen LogP contribution in [-0.4, -0.2) is 40.0 Å². The van der Waals surface area contributed by atoms with E-state index in [1.807, 2.05) is 10.7 Å². The fourth-order valence-electron chi connectivity index (χ4n) is 5.26. The van der Waals surface area contributed by atoms with E-state index < -0.39 is 0 Å². The van der Waals surface area contributed by atoms with Crippen LogP contribution in [0.4, 0.5) is 4.39 Å². The van der Waals surface area contributed by atoms with Crippen LogP contribution in [0, 0.1) is 10.6 Å². The molecule has 6 nitrogen and oxygen atoms in total. The van der Waals surface area contributed by atoms with Crippen molar-refractivity contribution in [3.05, 3.63) is 58.1 Å². The van der Waals surface area contributed by atoms with Gasteiger partial charge in [0.25, 0.3) is 0 Å². The largest absolute Gasteiger partial charge is 0.493 e. The highest BCUT2D eigenvalue weighted by molar-refractivity contribution is 7.71. The van der Waals surface area contributed by atoms with Crippen LogP contribution in [0.2, 0.25) is 0 Å². The minimum absolute atomic E-state index is 0.264. The number of ether oxygens (including phenoxy) is 2. The van der Waals surface area contributed by atoms with E-state index in [9.17, 15) is 4.39 Å². The van der Waals surface area contributed by atoms with Gasteiger partial charge in [-0.3, -0.25) is 9.47 Å². The molecule has 180 valence electrons. The number of methoxy groups -OCH3 is 2. The van der Waals surface area contributed by atoms with Crippen molar-refractivity contribution in [2.75, 3.05) is 20.8 Å². The summed E-state index contributed by atoms with van der Waals surface area (Å²) in [5.74, 6) is 1.87. The van der Waals surface area contributed by atoms with Crippen molar-refractivity contribution in [1.82, 2.24) is 19.2 Å². The minimum atomic E-state index is -0.264. The maximum atomic E-state index is 14.8. The third-order valence-electron chi connectivity index (χ3n) is 7.06. The van der Waals surface area contributed by atoms with E-state index >= 15 is 0 Å². The Kier molecular flexibility index (Phi) is 6.70. The molecule has 1 fully saturated rings. The smallest absolute Gasteiger partial charge is 0.199 e. The Balaban J connectivity index is 1.47. The number of aromatic nitrogens is 3. The lowest BCUT2D eigenvalue weighted by molar-refractivity contribution is 0.186. The molecule has 0 radical (unpaired) electrons. The Hall–Kier alpha value is -2.71. The van der Waals surface area contributed by atoms with Crippen molar-refractivity contribution in [1.29, 1.82) is 0 Å². The summed E-state index contributed by atoms with van der Waals surface area (Å²) in [6.07, 6.45) is 6.60. The zero-order chi connectivity index (χ0) is 23.7. The second-order valence-electron chi connectivity index (χ2n) is 9.17. The fourth-order valence-corrected chi connectivity index (χ4v) is 5.59. The summed E-state index contributed by atoms with van der Waals surface area (Å²) in [7, 11) is 3.32. The van der Waals surface area contributed by atoms with Crippen LogP contribution in [0.3, 0.4) is 0 Å². The highest BCUT2D eigenvalue weighted by atomic mass is 32.1. The second kappa shape index (κ2) is 9.88. The lowest BCUT2D eigenvalue weighted by atomic mass is 9.95. The van der Waals surface area contributed by atoms with Crippen LogP contribution in [0.25, 0.3) is 11.4 Å². The van der Waals surface area contributed by atoms with Crippen LogP contribution in [0.5, 0.6) is 11.5 Å². The average molecular weight is 483 g/mol. The third-order valence-corrected chi connectivity index (χ3v) is 7.46. The Morgan fingerprint density at radius 3 is 2.44 bits per heavy atom. The lowest BCUT2D eigenvalue weighted by Gasteiger charge is -2.29. The highest BCUT2D eigenvalue weighted by Crippen LogP contribution is 2.35. The zero-order valence-electron chi connectivity index (χ0n) is 19.8. The van der Waals surface area contributed by atoms with Gasteiger partial charge in [0.1, 0.15) is 5.82 Å². The Morgan fingerprint density at radius 2 is 1.74 bits per heavy atom. The lowest BCUT2D eigenvalue weighted by Crippen LogP contribution is -2.33. The maximum Gasteiger partial charge on any atom is 0.199 e. The van der Waals surface area contributed by atoms with E-state index in [1.54, 1.807) is 26.4 Å². The highest BCUT2D eigenvalue weighted by Gasteiger charge is 2.26. The first kappa shape index (κ1) is 23.1. The molecule has 0 spiro atoms. The number of hydrogen-bond acceptors (Lipinski definition) is 5. The molecule has 5 rings (SSSR count). The Morgan fingerprint density at radius 1 is 1.03 bits per heavy atom. The van der Waals surface area contributed by atoms with E-state index in [4.69, 9.17) is 26.8 Å². The summed E-state index contributed by atoms with van der Waals surface area (Å²) in [6.45, 7) is 2.21. The van der Waals surface area contributed by atoms with Gasteiger partial charge < -0.3 is 9.47 Å². The van der Waals surface area contributed by atoms with Crippen LogP contribution in [0.15, 0.2) is 36.4 Å². The van der Waals surface area contributed by atoms with Gasteiger partial charge in [-0.25, -0.2) is 9.07 Å². The normalized spacial score (nSPS) is 16.9. The number of nitrogens with zero attached hydrogens (tertiary/aromatic N) is 4. The number of rotatable bonds is 6. The van der Waals surface area contributed by atoms with Gasteiger partial charge in [0.05, 0.1) is 26.5 Å². The Labute approximate surface area is 204 Å². The molecule has 0 unspecified atom stereocenters. The van der Waals surface area contributed by atoms with Crippen LogP contribution in [0.1, 0.15) is 49.3 Å². The van der Waals surface area contributed by atoms with Gasteiger partial charge in [0.2, 0.25) is 0 Å². The molecule has 2 heterocycles. The topological polar surface area (TPSA) is 44.5 Å². The molecule has 34 heavy (non-hydrogen) atoms. The molecule has 8 heteroatoms. The monoisotopic (exact) mass is 482 g/mol. The van der Waals surface area contributed by atoms with E-state index in [-0.39, 0.29) is 11.9 Å².